The van der Waals surface area contributed by atoms with Gasteiger partial charge in [-0.05, 0) is 24.3 Å². The molecule has 0 radical (unpaired) electrons. The number of rotatable bonds is 3. The maximum absolute atomic E-state index is 12.1. The van der Waals surface area contributed by atoms with Crippen molar-refractivity contribution >= 4 is 28.9 Å². The summed E-state index contributed by atoms with van der Waals surface area (Å²) in [5.41, 5.74) is 2.04. The van der Waals surface area contributed by atoms with Crippen molar-refractivity contribution in [3.63, 3.8) is 0 Å². The number of aromatic amines is 1. The van der Waals surface area contributed by atoms with Gasteiger partial charge < -0.3 is 9.72 Å². The molecule has 2 N–H and O–H groups in total. The van der Waals surface area contributed by atoms with Gasteiger partial charge in [0.1, 0.15) is 5.69 Å². The first kappa shape index (κ1) is 13.7. The monoisotopic (exact) mass is 296 g/mol. The molecule has 0 aliphatic heterocycles. The van der Waals surface area contributed by atoms with E-state index >= 15 is 0 Å². The van der Waals surface area contributed by atoms with Crippen molar-refractivity contribution in [2.45, 2.75) is 0 Å². The van der Waals surface area contributed by atoms with E-state index in [0.29, 0.717) is 5.95 Å². The van der Waals surface area contributed by atoms with E-state index in [-0.39, 0.29) is 11.3 Å². The maximum Gasteiger partial charge on any atom is 0.339 e. The van der Waals surface area contributed by atoms with Crippen molar-refractivity contribution < 1.29 is 14.3 Å². The topological polar surface area (TPSA) is 97.0 Å². The van der Waals surface area contributed by atoms with Crippen LogP contribution < -0.4 is 5.32 Å². The van der Waals surface area contributed by atoms with Gasteiger partial charge in [0.15, 0.2) is 0 Å². The van der Waals surface area contributed by atoms with E-state index in [9.17, 15) is 9.59 Å². The van der Waals surface area contributed by atoms with Crippen LogP contribution >= 0.6 is 0 Å². The standard InChI is InChI=1S/C15H12N4O3/c1-22-14(21)9-6-7-12(16-8-9)13(20)19-15-17-10-4-2-3-5-11(10)18-15/h2-8H,1H3,(H2,17,18,19,20). The smallest absolute Gasteiger partial charge is 0.339 e. The first-order valence-corrected chi connectivity index (χ1v) is 6.48. The summed E-state index contributed by atoms with van der Waals surface area (Å²) in [6.45, 7) is 0. The number of hydrogen-bond donors (Lipinski definition) is 2. The lowest BCUT2D eigenvalue weighted by Crippen LogP contribution is -2.15. The third kappa shape index (κ3) is 2.64. The Kier molecular flexibility index (Phi) is 3.53. The lowest BCUT2D eigenvalue weighted by atomic mass is 10.2. The second-order valence-electron chi connectivity index (χ2n) is 4.48. The average molecular weight is 296 g/mol. The minimum atomic E-state index is -0.503. The number of carbonyl (C=O) groups is 2. The number of amides is 1. The predicted molar refractivity (Wildman–Crippen MR) is 79.6 cm³/mol. The Labute approximate surface area is 125 Å². The lowest BCUT2D eigenvalue weighted by Gasteiger charge is -2.02. The second-order valence-corrected chi connectivity index (χ2v) is 4.48. The molecular formula is C15H12N4O3. The number of nitrogens with one attached hydrogen (secondary N) is 2. The summed E-state index contributed by atoms with van der Waals surface area (Å²) in [7, 11) is 1.28. The Morgan fingerprint density at radius 1 is 1.18 bits per heavy atom. The summed E-state index contributed by atoms with van der Waals surface area (Å²) < 4.78 is 4.57. The molecule has 2 aromatic heterocycles. The van der Waals surface area contributed by atoms with Gasteiger partial charge in [0.25, 0.3) is 5.91 Å². The van der Waals surface area contributed by atoms with Gasteiger partial charge in [-0.25, -0.2) is 9.78 Å². The Bertz CT molecular complexity index is 806. The highest BCUT2D eigenvalue weighted by molar-refractivity contribution is 6.03. The molecule has 3 aromatic rings. The summed E-state index contributed by atoms with van der Waals surface area (Å²) >= 11 is 0. The molecule has 7 heteroatoms. The fourth-order valence-electron chi connectivity index (χ4n) is 1.95. The van der Waals surface area contributed by atoms with Crippen LogP contribution in [0.15, 0.2) is 42.6 Å². The highest BCUT2D eigenvalue weighted by Gasteiger charge is 2.12. The van der Waals surface area contributed by atoms with E-state index in [1.54, 1.807) is 0 Å². The molecule has 0 spiro atoms. The first-order valence-electron chi connectivity index (χ1n) is 6.48. The summed E-state index contributed by atoms with van der Waals surface area (Å²) in [4.78, 5) is 34.6. The minimum Gasteiger partial charge on any atom is -0.465 e. The van der Waals surface area contributed by atoms with Crippen molar-refractivity contribution in [2.75, 3.05) is 12.4 Å². The van der Waals surface area contributed by atoms with Gasteiger partial charge in [0.05, 0.1) is 23.7 Å². The number of hydrogen-bond acceptors (Lipinski definition) is 5. The number of ether oxygens (including phenoxy) is 1. The van der Waals surface area contributed by atoms with Crippen molar-refractivity contribution in [3.8, 4) is 0 Å². The zero-order chi connectivity index (χ0) is 15.5. The number of nitrogens with zero attached hydrogens (tertiary/aromatic N) is 2. The van der Waals surface area contributed by atoms with Crippen LogP contribution in [-0.4, -0.2) is 33.9 Å². The van der Waals surface area contributed by atoms with E-state index in [0.717, 1.165) is 11.0 Å². The zero-order valence-corrected chi connectivity index (χ0v) is 11.7. The van der Waals surface area contributed by atoms with E-state index in [1.165, 1.54) is 25.4 Å². The molecule has 0 atom stereocenters. The Morgan fingerprint density at radius 3 is 2.68 bits per heavy atom. The molecule has 1 amide bonds. The number of aromatic nitrogens is 3. The van der Waals surface area contributed by atoms with Gasteiger partial charge in [-0.15, -0.1) is 0 Å². The fraction of sp³-hybridized carbons (Fsp3) is 0.0667. The number of imidazole rings is 1. The summed E-state index contributed by atoms with van der Waals surface area (Å²) in [5, 5.41) is 2.63. The summed E-state index contributed by atoms with van der Waals surface area (Å²) in [6.07, 6.45) is 1.29. The van der Waals surface area contributed by atoms with Crippen LogP contribution in [0, 0.1) is 0 Å². The lowest BCUT2D eigenvalue weighted by molar-refractivity contribution is 0.0600. The maximum atomic E-state index is 12.1. The number of fused-ring (bicyclic) bond motifs is 1. The number of methoxy groups -OCH3 is 1. The van der Waals surface area contributed by atoms with Crippen molar-refractivity contribution in [3.05, 3.63) is 53.9 Å². The van der Waals surface area contributed by atoms with E-state index in [1.807, 2.05) is 24.3 Å². The molecule has 7 nitrogen and oxygen atoms in total. The normalized spacial score (nSPS) is 10.4. The third-order valence-electron chi connectivity index (χ3n) is 3.04. The van der Waals surface area contributed by atoms with Gasteiger partial charge in [-0.2, -0.15) is 0 Å². The van der Waals surface area contributed by atoms with E-state index < -0.39 is 11.9 Å². The summed E-state index contributed by atoms with van der Waals surface area (Å²) in [5.74, 6) is -0.586. The average Bonchev–Trinajstić information content (AvgIpc) is 2.96. The van der Waals surface area contributed by atoms with E-state index in [2.05, 4.69) is 25.0 Å². The van der Waals surface area contributed by atoms with Crippen LogP contribution in [0.2, 0.25) is 0 Å². The minimum absolute atomic E-state index is 0.174. The van der Waals surface area contributed by atoms with Crippen LogP contribution in [0.4, 0.5) is 5.95 Å². The molecule has 1 aromatic carbocycles. The van der Waals surface area contributed by atoms with Crippen molar-refractivity contribution in [1.82, 2.24) is 15.0 Å². The molecule has 3 rings (SSSR count). The SMILES string of the molecule is COC(=O)c1ccc(C(=O)Nc2nc3ccccc3[nH]2)nc1. The molecule has 0 bridgehead atoms. The van der Waals surface area contributed by atoms with Gasteiger partial charge in [-0.1, -0.05) is 12.1 Å². The first-order chi connectivity index (χ1) is 10.7. The molecule has 110 valence electrons. The van der Waals surface area contributed by atoms with Gasteiger partial charge in [0.2, 0.25) is 5.95 Å². The molecule has 0 unspecified atom stereocenters. The molecule has 0 aliphatic rings. The van der Waals surface area contributed by atoms with E-state index in [4.69, 9.17) is 0 Å². The van der Waals surface area contributed by atoms with Crippen molar-refractivity contribution in [2.24, 2.45) is 0 Å². The van der Waals surface area contributed by atoms with Crippen LogP contribution in [0.1, 0.15) is 20.8 Å². The molecule has 0 fully saturated rings. The Balaban J connectivity index is 1.77. The fourth-order valence-corrected chi connectivity index (χ4v) is 1.95. The van der Waals surface area contributed by atoms with Crippen LogP contribution in [0.25, 0.3) is 11.0 Å². The number of H-pyrrole nitrogens is 1. The zero-order valence-electron chi connectivity index (χ0n) is 11.7. The number of carbonyl (C=O) groups excluding carboxylic acids is 2. The molecule has 0 saturated heterocycles. The number of para-hydroxylation sites is 2. The molecule has 2 heterocycles. The van der Waals surface area contributed by atoms with Crippen LogP contribution in [0.3, 0.4) is 0 Å². The highest BCUT2D eigenvalue weighted by Crippen LogP contribution is 2.14. The van der Waals surface area contributed by atoms with Gasteiger partial charge in [-0.3, -0.25) is 15.1 Å². The molecular weight excluding hydrogens is 284 g/mol. The van der Waals surface area contributed by atoms with Gasteiger partial charge in [0, 0.05) is 6.20 Å². The molecule has 22 heavy (non-hydrogen) atoms. The largest absolute Gasteiger partial charge is 0.465 e. The molecule has 0 saturated carbocycles. The highest BCUT2D eigenvalue weighted by atomic mass is 16.5. The van der Waals surface area contributed by atoms with Gasteiger partial charge >= 0.3 is 5.97 Å². The van der Waals surface area contributed by atoms with Crippen molar-refractivity contribution in [1.29, 1.82) is 0 Å². The quantitative estimate of drug-likeness (QED) is 0.720. The number of anilines is 1. The van der Waals surface area contributed by atoms with Crippen LogP contribution in [-0.2, 0) is 4.74 Å². The van der Waals surface area contributed by atoms with Crippen LogP contribution in [0.5, 0.6) is 0 Å². The number of benzene rings is 1. The number of esters is 1. The Morgan fingerprint density at radius 2 is 2.00 bits per heavy atom. The Hall–Kier alpha value is -3.22. The molecule has 0 aliphatic carbocycles. The predicted octanol–water partition coefficient (Wildman–Crippen LogP) is 2.00. The summed E-state index contributed by atoms with van der Waals surface area (Å²) in [6, 6.07) is 10.4. The number of pyridine rings is 1. The second kappa shape index (κ2) is 5.65. The third-order valence-corrected chi connectivity index (χ3v) is 3.04.